The summed E-state index contributed by atoms with van der Waals surface area (Å²) in [5, 5.41) is 0. The Bertz CT molecular complexity index is 365. The van der Waals surface area contributed by atoms with Crippen LogP contribution in [-0.4, -0.2) is 43.5 Å². The molecule has 0 saturated heterocycles. The number of carbonyl (C=O) groups is 1. The number of nitrogens with zero attached hydrogens (tertiary/aromatic N) is 1. The molecule has 0 heterocycles. The molecule has 0 N–H and O–H groups in total. The van der Waals surface area contributed by atoms with Crippen LogP contribution in [0.25, 0.3) is 0 Å². The maximum Gasteiger partial charge on any atom is 0.151 e. The molecule has 112 valence electrons. The molecule has 0 radical (unpaired) electrons. The van der Waals surface area contributed by atoms with Crippen LogP contribution in [0.5, 0.6) is 0 Å². The molecule has 0 bridgehead atoms. The van der Waals surface area contributed by atoms with Crippen LogP contribution in [0.4, 0.5) is 0 Å². The summed E-state index contributed by atoms with van der Waals surface area (Å²) in [7, 11) is 0. The van der Waals surface area contributed by atoms with Gasteiger partial charge in [-0.15, -0.1) is 0 Å². The van der Waals surface area contributed by atoms with Gasteiger partial charge in [0.15, 0.2) is 5.78 Å². The van der Waals surface area contributed by atoms with Crippen molar-refractivity contribution < 1.29 is 9.53 Å². The zero-order valence-corrected chi connectivity index (χ0v) is 12.8. The number of ketones is 1. The Morgan fingerprint density at radius 2 is 1.90 bits per heavy atom. The van der Waals surface area contributed by atoms with E-state index < -0.39 is 0 Å². The van der Waals surface area contributed by atoms with Crippen molar-refractivity contribution in [3.8, 4) is 0 Å². The summed E-state index contributed by atoms with van der Waals surface area (Å²) >= 11 is 0. The van der Waals surface area contributed by atoms with Crippen molar-refractivity contribution in [2.24, 2.45) is 0 Å². The van der Waals surface area contributed by atoms with Crippen molar-refractivity contribution >= 4 is 5.78 Å². The van der Waals surface area contributed by atoms with Crippen molar-refractivity contribution in [1.82, 2.24) is 4.90 Å². The fraction of sp³-hybridized carbons (Fsp3) is 0.588. The average molecular weight is 277 g/mol. The lowest BCUT2D eigenvalue weighted by Gasteiger charge is -2.19. The Labute approximate surface area is 122 Å². The van der Waals surface area contributed by atoms with Crippen molar-refractivity contribution in [2.75, 3.05) is 32.8 Å². The number of hydrogen-bond acceptors (Lipinski definition) is 3. The van der Waals surface area contributed by atoms with Gasteiger partial charge in [-0.2, -0.15) is 0 Å². The van der Waals surface area contributed by atoms with Crippen molar-refractivity contribution in [3.63, 3.8) is 0 Å². The van der Waals surface area contributed by atoms with Crippen molar-refractivity contribution in [1.29, 1.82) is 0 Å². The van der Waals surface area contributed by atoms with Gasteiger partial charge in [0, 0.05) is 19.6 Å². The van der Waals surface area contributed by atoms with Gasteiger partial charge in [0.2, 0.25) is 0 Å². The normalized spacial score (nSPS) is 10.9. The molecule has 0 spiro atoms. The number of Topliss-reactive ketones (excluding diaryl/α,β-unsaturated/α-hetero) is 1. The quantitative estimate of drug-likeness (QED) is 0.582. The molecule has 0 fully saturated rings. The van der Waals surface area contributed by atoms with Crippen LogP contribution >= 0.6 is 0 Å². The SMILES string of the molecule is CCCCOCCN(CC)CC(=O)Cc1ccccc1. The lowest BCUT2D eigenvalue weighted by atomic mass is 10.1. The van der Waals surface area contributed by atoms with Crippen molar-refractivity contribution in [3.05, 3.63) is 35.9 Å². The minimum atomic E-state index is 0.270. The van der Waals surface area contributed by atoms with Gasteiger partial charge in [-0.25, -0.2) is 0 Å². The van der Waals surface area contributed by atoms with Gasteiger partial charge in [-0.05, 0) is 18.5 Å². The maximum absolute atomic E-state index is 12.0. The predicted octanol–water partition coefficient (Wildman–Crippen LogP) is 2.94. The summed E-state index contributed by atoms with van der Waals surface area (Å²) in [6.45, 7) is 8.02. The van der Waals surface area contributed by atoms with Gasteiger partial charge in [-0.3, -0.25) is 9.69 Å². The minimum Gasteiger partial charge on any atom is -0.380 e. The number of hydrogen-bond donors (Lipinski definition) is 0. The summed E-state index contributed by atoms with van der Waals surface area (Å²) in [5.74, 6) is 0.270. The second-order valence-electron chi connectivity index (χ2n) is 5.04. The smallest absolute Gasteiger partial charge is 0.151 e. The summed E-state index contributed by atoms with van der Waals surface area (Å²) in [6.07, 6.45) is 2.79. The average Bonchev–Trinajstić information content (AvgIpc) is 2.46. The molecule has 3 nitrogen and oxygen atoms in total. The number of ether oxygens (including phenoxy) is 1. The molecule has 0 aliphatic carbocycles. The van der Waals surface area contributed by atoms with Crippen molar-refractivity contribution in [2.45, 2.75) is 33.1 Å². The van der Waals surface area contributed by atoms with Gasteiger partial charge < -0.3 is 4.74 Å². The Balaban J connectivity index is 2.23. The van der Waals surface area contributed by atoms with Gasteiger partial charge in [0.1, 0.15) is 0 Å². The zero-order valence-electron chi connectivity index (χ0n) is 12.8. The predicted molar refractivity (Wildman–Crippen MR) is 83.0 cm³/mol. The largest absolute Gasteiger partial charge is 0.380 e. The lowest BCUT2D eigenvalue weighted by molar-refractivity contribution is -0.119. The molecule has 0 aromatic heterocycles. The van der Waals surface area contributed by atoms with Crippen LogP contribution in [0.1, 0.15) is 32.3 Å². The monoisotopic (exact) mass is 277 g/mol. The first-order valence-electron chi connectivity index (χ1n) is 7.62. The zero-order chi connectivity index (χ0) is 14.6. The van der Waals surface area contributed by atoms with E-state index in [1.54, 1.807) is 0 Å². The molecule has 1 rings (SSSR count). The van der Waals surface area contributed by atoms with E-state index in [0.29, 0.717) is 19.6 Å². The number of rotatable bonds is 11. The first kappa shape index (κ1) is 16.9. The minimum absolute atomic E-state index is 0.270. The molecule has 1 aromatic rings. The summed E-state index contributed by atoms with van der Waals surface area (Å²) in [6, 6.07) is 9.92. The fourth-order valence-electron chi connectivity index (χ4n) is 2.02. The lowest BCUT2D eigenvalue weighted by Crippen LogP contribution is -2.33. The van der Waals surface area contributed by atoms with Crippen LogP contribution in [0.2, 0.25) is 0 Å². The Morgan fingerprint density at radius 3 is 2.55 bits per heavy atom. The molecule has 20 heavy (non-hydrogen) atoms. The Kier molecular flexibility index (Phi) is 8.92. The van der Waals surface area contributed by atoms with E-state index in [2.05, 4.69) is 18.7 Å². The third kappa shape index (κ3) is 7.41. The summed E-state index contributed by atoms with van der Waals surface area (Å²) < 4.78 is 5.55. The third-order valence-corrected chi connectivity index (χ3v) is 3.29. The van der Waals surface area contributed by atoms with E-state index in [1.807, 2.05) is 30.3 Å². The molecule has 0 amide bonds. The van der Waals surface area contributed by atoms with Crippen LogP contribution in [0, 0.1) is 0 Å². The van der Waals surface area contributed by atoms with Crippen LogP contribution in [0.15, 0.2) is 30.3 Å². The van der Waals surface area contributed by atoms with E-state index in [-0.39, 0.29) is 5.78 Å². The van der Waals surface area contributed by atoms with E-state index in [0.717, 1.165) is 38.1 Å². The molecule has 0 aliphatic heterocycles. The van der Waals surface area contributed by atoms with Crippen LogP contribution in [0.3, 0.4) is 0 Å². The number of carbonyl (C=O) groups excluding carboxylic acids is 1. The topological polar surface area (TPSA) is 29.5 Å². The standard InChI is InChI=1S/C17H27NO2/c1-3-5-12-20-13-11-18(4-2)15-17(19)14-16-9-7-6-8-10-16/h6-10H,3-5,11-15H2,1-2H3. The summed E-state index contributed by atoms with van der Waals surface area (Å²) in [5.41, 5.74) is 1.09. The molecular formula is C17H27NO2. The van der Waals surface area contributed by atoms with E-state index in [4.69, 9.17) is 4.74 Å². The number of benzene rings is 1. The maximum atomic E-state index is 12.0. The Hall–Kier alpha value is -1.19. The number of likely N-dealkylation sites (N-methyl/N-ethyl adjacent to an activating group) is 1. The van der Waals surface area contributed by atoms with Gasteiger partial charge in [0.05, 0.1) is 13.2 Å². The van der Waals surface area contributed by atoms with Crippen LogP contribution in [-0.2, 0) is 16.0 Å². The highest BCUT2D eigenvalue weighted by molar-refractivity contribution is 5.82. The second-order valence-corrected chi connectivity index (χ2v) is 5.04. The first-order valence-corrected chi connectivity index (χ1v) is 7.62. The Morgan fingerprint density at radius 1 is 1.15 bits per heavy atom. The molecule has 0 unspecified atom stereocenters. The molecule has 1 aromatic carbocycles. The highest BCUT2D eigenvalue weighted by atomic mass is 16.5. The molecular weight excluding hydrogens is 250 g/mol. The fourth-order valence-corrected chi connectivity index (χ4v) is 2.02. The van der Waals surface area contributed by atoms with Gasteiger partial charge >= 0.3 is 0 Å². The highest BCUT2D eigenvalue weighted by Gasteiger charge is 2.09. The van der Waals surface area contributed by atoms with E-state index in [1.165, 1.54) is 0 Å². The highest BCUT2D eigenvalue weighted by Crippen LogP contribution is 2.01. The summed E-state index contributed by atoms with van der Waals surface area (Å²) in [4.78, 5) is 14.2. The van der Waals surface area contributed by atoms with E-state index >= 15 is 0 Å². The third-order valence-electron chi connectivity index (χ3n) is 3.29. The molecule has 3 heteroatoms. The number of unbranched alkanes of at least 4 members (excludes halogenated alkanes) is 1. The van der Waals surface area contributed by atoms with Gasteiger partial charge in [0.25, 0.3) is 0 Å². The molecule has 0 saturated carbocycles. The molecule has 0 atom stereocenters. The van der Waals surface area contributed by atoms with E-state index in [9.17, 15) is 4.79 Å². The van der Waals surface area contributed by atoms with Crippen LogP contribution < -0.4 is 0 Å². The van der Waals surface area contributed by atoms with Gasteiger partial charge in [-0.1, -0.05) is 50.6 Å². The second kappa shape index (κ2) is 10.6. The molecule has 0 aliphatic rings. The first-order chi connectivity index (χ1) is 9.76.